The van der Waals surface area contributed by atoms with E-state index in [9.17, 15) is 9.59 Å². The third kappa shape index (κ3) is 4.14. The lowest BCUT2D eigenvalue weighted by Gasteiger charge is -2.19. The van der Waals surface area contributed by atoms with Crippen LogP contribution in [0.2, 0.25) is 0 Å². The molecule has 7 nitrogen and oxygen atoms in total. The van der Waals surface area contributed by atoms with Gasteiger partial charge in [-0.15, -0.1) is 0 Å². The van der Waals surface area contributed by atoms with Crippen molar-refractivity contribution < 1.29 is 19.5 Å². The fourth-order valence-corrected chi connectivity index (χ4v) is 3.15. The lowest BCUT2D eigenvalue weighted by molar-refractivity contribution is -0.140. The Kier molecular flexibility index (Phi) is 5.93. The number of urea groups is 1. The van der Waals surface area contributed by atoms with Gasteiger partial charge in [0.15, 0.2) is 0 Å². The SMILES string of the molecule is COC(=O)CCc1ccc(N2CCN(c3ccc(/C(C)=N/O)cc3)C2=O)cc1. The zero-order valence-corrected chi connectivity index (χ0v) is 16.0. The van der Waals surface area contributed by atoms with E-state index in [0.717, 1.165) is 22.5 Å². The molecule has 2 aromatic rings. The molecule has 0 bridgehead atoms. The molecule has 1 aliphatic rings. The molecule has 1 fully saturated rings. The first-order chi connectivity index (χ1) is 13.5. The molecule has 0 unspecified atom stereocenters. The fraction of sp³-hybridized carbons (Fsp3) is 0.286. The molecule has 0 spiro atoms. The first-order valence-corrected chi connectivity index (χ1v) is 9.07. The largest absolute Gasteiger partial charge is 0.469 e. The Balaban J connectivity index is 1.67. The maximum absolute atomic E-state index is 12.8. The van der Waals surface area contributed by atoms with Crippen LogP contribution in [0.4, 0.5) is 16.2 Å². The molecule has 0 aliphatic carbocycles. The van der Waals surface area contributed by atoms with E-state index in [2.05, 4.69) is 9.89 Å². The molecule has 3 rings (SSSR count). The number of rotatable bonds is 6. The number of methoxy groups -OCH3 is 1. The number of esters is 1. The molecule has 1 heterocycles. The zero-order valence-electron chi connectivity index (χ0n) is 16.0. The van der Waals surface area contributed by atoms with Gasteiger partial charge in [0.1, 0.15) is 0 Å². The van der Waals surface area contributed by atoms with E-state index < -0.39 is 0 Å². The van der Waals surface area contributed by atoms with E-state index in [1.165, 1.54) is 7.11 Å². The lowest BCUT2D eigenvalue weighted by Crippen LogP contribution is -2.31. The summed E-state index contributed by atoms with van der Waals surface area (Å²) in [5.74, 6) is -0.235. The molecule has 0 aromatic heterocycles. The van der Waals surface area contributed by atoms with Crippen LogP contribution in [-0.4, -0.2) is 43.1 Å². The van der Waals surface area contributed by atoms with E-state index in [1.54, 1.807) is 16.7 Å². The van der Waals surface area contributed by atoms with Crippen molar-refractivity contribution in [1.29, 1.82) is 0 Å². The second-order valence-corrected chi connectivity index (χ2v) is 6.56. The standard InChI is InChI=1S/C21H23N3O4/c1-15(22-27)17-6-10-19(11-7-17)24-14-13-23(21(24)26)18-8-3-16(4-9-18)5-12-20(25)28-2/h3-4,6-11,27H,5,12-14H2,1-2H3/b22-15+. The molecule has 1 aliphatic heterocycles. The number of aryl methyl sites for hydroxylation is 1. The molecule has 2 amide bonds. The molecule has 7 heteroatoms. The first-order valence-electron chi connectivity index (χ1n) is 9.07. The van der Waals surface area contributed by atoms with Gasteiger partial charge in [0.05, 0.1) is 12.8 Å². The molecule has 0 saturated carbocycles. The van der Waals surface area contributed by atoms with Crippen molar-refractivity contribution in [1.82, 2.24) is 0 Å². The predicted molar refractivity (Wildman–Crippen MR) is 107 cm³/mol. The minimum atomic E-state index is -0.235. The number of oxime groups is 1. The molecular weight excluding hydrogens is 358 g/mol. The topological polar surface area (TPSA) is 82.4 Å². The minimum absolute atomic E-state index is 0.0809. The van der Waals surface area contributed by atoms with Crippen molar-refractivity contribution in [3.05, 3.63) is 59.7 Å². The monoisotopic (exact) mass is 381 g/mol. The van der Waals surface area contributed by atoms with Crippen LogP contribution in [0.15, 0.2) is 53.7 Å². The second-order valence-electron chi connectivity index (χ2n) is 6.56. The summed E-state index contributed by atoms with van der Waals surface area (Å²) in [7, 11) is 1.38. The third-order valence-corrected chi connectivity index (χ3v) is 4.85. The van der Waals surface area contributed by atoms with Gasteiger partial charge in [-0.3, -0.25) is 14.6 Å². The molecule has 0 atom stereocenters. The third-order valence-electron chi connectivity index (χ3n) is 4.85. The van der Waals surface area contributed by atoms with Crippen molar-refractivity contribution in [2.45, 2.75) is 19.8 Å². The molecular formula is C21H23N3O4. The smallest absolute Gasteiger partial charge is 0.329 e. The molecule has 146 valence electrons. The Morgan fingerprint density at radius 2 is 1.57 bits per heavy atom. The molecule has 28 heavy (non-hydrogen) atoms. The number of carbonyl (C=O) groups excluding carboxylic acids is 2. The highest BCUT2D eigenvalue weighted by molar-refractivity contribution is 6.06. The summed E-state index contributed by atoms with van der Waals surface area (Å²) in [6, 6.07) is 14.9. The van der Waals surface area contributed by atoms with Crippen molar-refractivity contribution in [2.24, 2.45) is 5.16 Å². The van der Waals surface area contributed by atoms with Gasteiger partial charge < -0.3 is 9.94 Å². The predicted octanol–water partition coefficient (Wildman–Crippen LogP) is 3.44. The Bertz CT molecular complexity index is 876. The van der Waals surface area contributed by atoms with Crippen LogP contribution in [0.5, 0.6) is 0 Å². The normalized spacial score (nSPS) is 14.5. The van der Waals surface area contributed by atoms with Crippen LogP contribution in [0.1, 0.15) is 24.5 Å². The van der Waals surface area contributed by atoms with Crippen LogP contribution < -0.4 is 9.80 Å². The van der Waals surface area contributed by atoms with Crippen LogP contribution in [-0.2, 0) is 16.0 Å². The average Bonchev–Trinajstić information content (AvgIpc) is 3.13. The van der Waals surface area contributed by atoms with Gasteiger partial charge in [-0.1, -0.05) is 29.4 Å². The van der Waals surface area contributed by atoms with Gasteiger partial charge in [-0.2, -0.15) is 0 Å². The summed E-state index contributed by atoms with van der Waals surface area (Å²) in [5.41, 5.74) is 3.98. The number of ether oxygens (including phenoxy) is 1. The maximum atomic E-state index is 12.8. The van der Waals surface area contributed by atoms with Crippen molar-refractivity contribution in [3.8, 4) is 0 Å². The molecule has 1 N–H and O–H groups in total. The lowest BCUT2D eigenvalue weighted by atomic mass is 10.1. The Morgan fingerprint density at radius 3 is 2.07 bits per heavy atom. The van der Waals surface area contributed by atoms with Gasteiger partial charge in [0.25, 0.3) is 0 Å². The van der Waals surface area contributed by atoms with E-state index in [1.807, 2.05) is 48.5 Å². The van der Waals surface area contributed by atoms with E-state index >= 15 is 0 Å². The van der Waals surface area contributed by atoms with Crippen molar-refractivity contribution in [2.75, 3.05) is 30.0 Å². The van der Waals surface area contributed by atoms with E-state index in [4.69, 9.17) is 5.21 Å². The van der Waals surface area contributed by atoms with Crippen molar-refractivity contribution in [3.63, 3.8) is 0 Å². The molecule has 1 saturated heterocycles. The van der Waals surface area contributed by atoms with Gasteiger partial charge in [0, 0.05) is 30.9 Å². The van der Waals surface area contributed by atoms with E-state index in [-0.39, 0.29) is 12.0 Å². The summed E-state index contributed by atoms with van der Waals surface area (Å²) >= 11 is 0. The van der Waals surface area contributed by atoms with Gasteiger partial charge >= 0.3 is 12.0 Å². The molecule has 2 aromatic carbocycles. The maximum Gasteiger partial charge on any atom is 0.329 e. The number of amides is 2. The highest BCUT2D eigenvalue weighted by Gasteiger charge is 2.30. The number of hydrogen-bond acceptors (Lipinski definition) is 5. The first kappa shape index (κ1) is 19.4. The highest BCUT2D eigenvalue weighted by Crippen LogP contribution is 2.26. The number of carbonyl (C=O) groups is 2. The van der Waals surface area contributed by atoms with Crippen LogP contribution in [0.25, 0.3) is 0 Å². The van der Waals surface area contributed by atoms with Gasteiger partial charge in [-0.05, 0) is 48.7 Å². The number of anilines is 2. The Labute approximate surface area is 163 Å². The van der Waals surface area contributed by atoms with Crippen LogP contribution >= 0.6 is 0 Å². The Hall–Kier alpha value is -3.35. The summed E-state index contributed by atoms with van der Waals surface area (Å²) < 4.78 is 4.66. The van der Waals surface area contributed by atoms with E-state index in [0.29, 0.717) is 31.6 Å². The number of benzene rings is 2. The quantitative estimate of drug-likeness (QED) is 0.360. The highest BCUT2D eigenvalue weighted by atomic mass is 16.5. The average molecular weight is 381 g/mol. The minimum Gasteiger partial charge on any atom is -0.469 e. The van der Waals surface area contributed by atoms with Crippen LogP contribution in [0.3, 0.4) is 0 Å². The number of nitrogens with zero attached hydrogens (tertiary/aromatic N) is 3. The van der Waals surface area contributed by atoms with Gasteiger partial charge in [-0.25, -0.2) is 4.79 Å². The second kappa shape index (κ2) is 8.56. The summed E-state index contributed by atoms with van der Waals surface area (Å²) in [4.78, 5) is 27.6. The summed E-state index contributed by atoms with van der Waals surface area (Å²) in [6.07, 6.45) is 0.943. The zero-order chi connectivity index (χ0) is 20.1. The molecule has 0 radical (unpaired) electrons. The summed E-state index contributed by atoms with van der Waals surface area (Å²) in [5, 5.41) is 12.0. The van der Waals surface area contributed by atoms with Crippen LogP contribution in [0, 0.1) is 0 Å². The fourth-order valence-electron chi connectivity index (χ4n) is 3.15. The number of hydrogen-bond donors (Lipinski definition) is 1. The Morgan fingerprint density at radius 1 is 1.04 bits per heavy atom. The summed E-state index contributed by atoms with van der Waals surface area (Å²) in [6.45, 7) is 2.90. The van der Waals surface area contributed by atoms with Crippen molar-refractivity contribution >= 4 is 29.1 Å². The van der Waals surface area contributed by atoms with Gasteiger partial charge in [0.2, 0.25) is 0 Å².